The fraction of sp³-hybridized carbons (Fsp3) is 0.333. The van der Waals surface area contributed by atoms with Crippen molar-refractivity contribution in [3.8, 4) is 0 Å². The summed E-state index contributed by atoms with van der Waals surface area (Å²) in [4.78, 5) is 0. The van der Waals surface area contributed by atoms with Crippen molar-refractivity contribution in [2.75, 3.05) is 5.75 Å². The zero-order chi connectivity index (χ0) is 11.3. The van der Waals surface area contributed by atoms with E-state index >= 15 is 0 Å². The Bertz CT molecular complexity index is 308. The molecule has 15 heavy (non-hydrogen) atoms. The van der Waals surface area contributed by atoms with Crippen LogP contribution >= 0.6 is 12.6 Å². The Kier molecular flexibility index (Phi) is 4.88. The summed E-state index contributed by atoms with van der Waals surface area (Å²) in [5, 5.41) is 19.4. The molecule has 0 spiro atoms. The monoisotopic (exact) mass is 224 g/mol. The smallest absolute Gasteiger partial charge is 0.105 e. The van der Waals surface area contributed by atoms with E-state index in [1.807, 2.05) is 12.1 Å². The van der Waals surface area contributed by atoms with Crippen LogP contribution in [-0.4, -0.2) is 22.1 Å². The van der Waals surface area contributed by atoms with Gasteiger partial charge in [-0.05, 0) is 23.3 Å². The summed E-state index contributed by atoms with van der Waals surface area (Å²) >= 11 is 4.01. The quantitative estimate of drug-likeness (QED) is 0.670. The Hall–Kier alpha value is -0.770. The summed E-state index contributed by atoms with van der Waals surface area (Å²) in [5.74, 6) is 0.559. The Morgan fingerprint density at radius 1 is 1.27 bits per heavy atom. The van der Waals surface area contributed by atoms with Gasteiger partial charge in [-0.15, -0.1) is 0 Å². The molecular weight excluding hydrogens is 208 g/mol. The first-order chi connectivity index (χ1) is 7.19. The van der Waals surface area contributed by atoms with Gasteiger partial charge in [0.15, 0.2) is 0 Å². The standard InChI is InChI=1S/C12H16O2S/c1-2-9-3-5-10(6-4-9)12(14)11(13)7-8-15/h2-6,11-15H,1,7-8H2. The molecule has 0 aromatic heterocycles. The van der Waals surface area contributed by atoms with E-state index in [-0.39, 0.29) is 0 Å². The van der Waals surface area contributed by atoms with Crippen LogP contribution in [-0.2, 0) is 0 Å². The third kappa shape index (κ3) is 3.38. The predicted molar refractivity (Wildman–Crippen MR) is 66.0 cm³/mol. The maximum atomic E-state index is 9.77. The molecule has 0 bridgehead atoms. The molecule has 0 aliphatic carbocycles. The van der Waals surface area contributed by atoms with Gasteiger partial charge in [0.1, 0.15) is 6.10 Å². The molecule has 2 atom stereocenters. The van der Waals surface area contributed by atoms with Gasteiger partial charge < -0.3 is 10.2 Å². The molecule has 0 amide bonds. The molecule has 82 valence electrons. The van der Waals surface area contributed by atoms with E-state index in [1.165, 1.54) is 0 Å². The van der Waals surface area contributed by atoms with Gasteiger partial charge in [0, 0.05) is 0 Å². The molecule has 0 radical (unpaired) electrons. The number of benzene rings is 1. The van der Waals surface area contributed by atoms with Crippen molar-refractivity contribution in [1.82, 2.24) is 0 Å². The van der Waals surface area contributed by atoms with Crippen molar-refractivity contribution >= 4 is 18.7 Å². The van der Waals surface area contributed by atoms with Crippen LogP contribution in [0.3, 0.4) is 0 Å². The van der Waals surface area contributed by atoms with Crippen LogP contribution in [0.5, 0.6) is 0 Å². The predicted octanol–water partition coefficient (Wildman–Crippen LogP) is 2.04. The van der Waals surface area contributed by atoms with E-state index in [0.717, 1.165) is 11.1 Å². The highest BCUT2D eigenvalue weighted by molar-refractivity contribution is 7.80. The summed E-state index contributed by atoms with van der Waals surface area (Å²) in [6.45, 7) is 3.65. The van der Waals surface area contributed by atoms with E-state index in [4.69, 9.17) is 0 Å². The molecule has 1 rings (SSSR count). The Morgan fingerprint density at radius 3 is 2.33 bits per heavy atom. The molecular formula is C12H16O2S. The van der Waals surface area contributed by atoms with E-state index < -0.39 is 12.2 Å². The average Bonchev–Trinajstić information content (AvgIpc) is 2.28. The van der Waals surface area contributed by atoms with Crippen molar-refractivity contribution < 1.29 is 10.2 Å². The fourth-order valence-corrected chi connectivity index (χ4v) is 1.61. The summed E-state index contributed by atoms with van der Waals surface area (Å²) in [5.41, 5.74) is 1.71. The Balaban J connectivity index is 2.73. The zero-order valence-corrected chi connectivity index (χ0v) is 9.40. The molecule has 2 N–H and O–H groups in total. The molecule has 3 heteroatoms. The van der Waals surface area contributed by atoms with Crippen LogP contribution in [0, 0.1) is 0 Å². The van der Waals surface area contributed by atoms with Crippen LogP contribution in [0.15, 0.2) is 30.8 Å². The number of hydrogen-bond donors (Lipinski definition) is 3. The molecule has 0 saturated heterocycles. The van der Waals surface area contributed by atoms with Gasteiger partial charge in [-0.1, -0.05) is 36.9 Å². The van der Waals surface area contributed by atoms with Crippen LogP contribution in [0.25, 0.3) is 6.08 Å². The van der Waals surface area contributed by atoms with Crippen molar-refractivity contribution in [2.24, 2.45) is 0 Å². The van der Waals surface area contributed by atoms with Gasteiger partial charge in [-0.25, -0.2) is 0 Å². The highest BCUT2D eigenvalue weighted by Gasteiger charge is 2.16. The summed E-state index contributed by atoms with van der Waals surface area (Å²) in [6.07, 6.45) is 0.626. The number of aliphatic hydroxyl groups is 2. The normalized spacial score (nSPS) is 14.6. The molecule has 0 saturated carbocycles. The van der Waals surface area contributed by atoms with Gasteiger partial charge in [0.2, 0.25) is 0 Å². The number of hydrogen-bond acceptors (Lipinski definition) is 3. The summed E-state index contributed by atoms with van der Waals surface area (Å²) < 4.78 is 0. The first kappa shape index (κ1) is 12.3. The minimum Gasteiger partial charge on any atom is -0.390 e. The Labute approximate surface area is 95.7 Å². The first-order valence-electron chi connectivity index (χ1n) is 4.88. The van der Waals surface area contributed by atoms with Crippen molar-refractivity contribution in [2.45, 2.75) is 18.6 Å². The lowest BCUT2D eigenvalue weighted by atomic mass is 10.0. The maximum Gasteiger partial charge on any atom is 0.105 e. The van der Waals surface area contributed by atoms with Crippen LogP contribution in [0.4, 0.5) is 0 Å². The van der Waals surface area contributed by atoms with Crippen LogP contribution < -0.4 is 0 Å². The van der Waals surface area contributed by atoms with Gasteiger partial charge in [0.25, 0.3) is 0 Å². The average molecular weight is 224 g/mol. The van der Waals surface area contributed by atoms with E-state index in [1.54, 1.807) is 18.2 Å². The van der Waals surface area contributed by atoms with Crippen LogP contribution in [0.1, 0.15) is 23.7 Å². The largest absolute Gasteiger partial charge is 0.390 e. The van der Waals surface area contributed by atoms with Crippen LogP contribution in [0.2, 0.25) is 0 Å². The lowest BCUT2D eigenvalue weighted by Crippen LogP contribution is -2.18. The minimum absolute atomic E-state index is 0.480. The third-order valence-corrected chi connectivity index (χ3v) is 2.56. The maximum absolute atomic E-state index is 9.77. The molecule has 0 aliphatic rings. The molecule has 1 aromatic rings. The topological polar surface area (TPSA) is 40.5 Å². The van der Waals surface area contributed by atoms with E-state index in [2.05, 4.69) is 19.2 Å². The lowest BCUT2D eigenvalue weighted by Gasteiger charge is -2.17. The molecule has 2 unspecified atom stereocenters. The molecule has 0 heterocycles. The van der Waals surface area contributed by atoms with Crippen molar-refractivity contribution in [3.05, 3.63) is 42.0 Å². The van der Waals surface area contributed by atoms with Gasteiger partial charge in [-0.2, -0.15) is 12.6 Å². The zero-order valence-electron chi connectivity index (χ0n) is 8.50. The second kappa shape index (κ2) is 5.95. The lowest BCUT2D eigenvalue weighted by molar-refractivity contribution is 0.0172. The number of thiol groups is 1. The summed E-state index contributed by atoms with van der Waals surface area (Å²) in [7, 11) is 0. The van der Waals surface area contributed by atoms with E-state index in [0.29, 0.717) is 12.2 Å². The second-order valence-corrected chi connectivity index (χ2v) is 3.84. The van der Waals surface area contributed by atoms with Gasteiger partial charge >= 0.3 is 0 Å². The number of aliphatic hydroxyl groups excluding tert-OH is 2. The number of rotatable bonds is 5. The second-order valence-electron chi connectivity index (χ2n) is 3.40. The SMILES string of the molecule is C=Cc1ccc(C(O)C(O)CCS)cc1. The molecule has 2 nitrogen and oxygen atoms in total. The van der Waals surface area contributed by atoms with E-state index in [9.17, 15) is 10.2 Å². The fourth-order valence-electron chi connectivity index (χ4n) is 1.34. The molecule has 1 aromatic carbocycles. The van der Waals surface area contributed by atoms with Gasteiger partial charge in [-0.3, -0.25) is 0 Å². The first-order valence-corrected chi connectivity index (χ1v) is 5.51. The highest BCUT2D eigenvalue weighted by atomic mass is 32.1. The highest BCUT2D eigenvalue weighted by Crippen LogP contribution is 2.19. The Morgan fingerprint density at radius 2 is 1.87 bits per heavy atom. The van der Waals surface area contributed by atoms with Crippen molar-refractivity contribution in [3.63, 3.8) is 0 Å². The molecule has 0 fully saturated rings. The third-order valence-electron chi connectivity index (χ3n) is 2.30. The van der Waals surface area contributed by atoms with Gasteiger partial charge in [0.05, 0.1) is 6.10 Å². The molecule has 0 aliphatic heterocycles. The minimum atomic E-state index is -0.837. The van der Waals surface area contributed by atoms with Crippen molar-refractivity contribution in [1.29, 1.82) is 0 Å². The summed E-state index contributed by atoms with van der Waals surface area (Å²) in [6, 6.07) is 7.31.